The third-order valence-electron chi connectivity index (χ3n) is 2.17. The van der Waals surface area contributed by atoms with Crippen LogP contribution in [0.3, 0.4) is 0 Å². The summed E-state index contributed by atoms with van der Waals surface area (Å²) in [6.07, 6.45) is 4.98. The predicted octanol–water partition coefficient (Wildman–Crippen LogP) is 2.55. The largest absolute Gasteiger partial charge is 0.335 e. The SMILES string of the molecule is CCC(CC)NC(=O)Nc1ncc(Br)cn1. The molecule has 16 heavy (non-hydrogen) atoms. The van der Waals surface area contributed by atoms with Gasteiger partial charge in [0.1, 0.15) is 0 Å². The Hall–Kier alpha value is -1.17. The highest BCUT2D eigenvalue weighted by Crippen LogP contribution is 2.06. The van der Waals surface area contributed by atoms with E-state index in [4.69, 9.17) is 0 Å². The van der Waals surface area contributed by atoms with Crippen molar-refractivity contribution < 1.29 is 4.79 Å². The fourth-order valence-corrected chi connectivity index (χ4v) is 1.40. The molecule has 0 saturated carbocycles. The van der Waals surface area contributed by atoms with Crippen molar-refractivity contribution in [2.45, 2.75) is 32.7 Å². The molecule has 0 fully saturated rings. The van der Waals surface area contributed by atoms with Gasteiger partial charge in [0.05, 0.1) is 4.47 Å². The molecule has 1 heterocycles. The van der Waals surface area contributed by atoms with E-state index in [2.05, 4.69) is 36.5 Å². The molecule has 0 radical (unpaired) electrons. The lowest BCUT2D eigenvalue weighted by molar-refractivity contribution is 0.247. The summed E-state index contributed by atoms with van der Waals surface area (Å²) in [6.45, 7) is 4.06. The summed E-state index contributed by atoms with van der Waals surface area (Å²) in [5.74, 6) is 0.298. The number of rotatable bonds is 4. The van der Waals surface area contributed by atoms with Gasteiger partial charge in [-0.25, -0.2) is 14.8 Å². The Kier molecular flexibility index (Phi) is 5.18. The number of amides is 2. The minimum Gasteiger partial charge on any atom is -0.335 e. The summed E-state index contributed by atoms with van der Waals surface area (Å²) < 4.78 is 0.776. The number of nitrogens with zero attached hydrogens (tertiary/aromatic N) is 2. The second-order valence-corrected chi connectivity index (χ2v) is 4.25. The van der Waals surface area contributed by atoms with Crippen molar-refractivity contribution in [3.05, 3.63) is 16.9 Å². The van der Waals surface area contributed by atoms with Gasteiger partial charge in [0.25, 0.3) is 0 Å². The van der Waals surface area contributed by atoms with Gasteiger partial charge in [-0.15, -0.1) is 0 Å². The van der Waals surface area contributed by atoms with Crippen LogP contribution in [0.2, 0.25) is 0 Å². The van der Waals surface area contributed by atoms with E-state index in [1.807, 2.05) is 13.8 Å². The van der Waals surface area contributed by atoms with Gasteiger partial charge in [0.2, 0.25) is 5.95 Å². The molecule has 88 valence electrons. The molecule has 0 aliphatic heterocycles. The number of halogens is 1. The summed E-state index contributed by atoms with van der Waals surface area (Å²) in [4.78, 5) is 19.4. The predicted molar refractivity (Wildman–Crippen MR) is 66.3 cm³/mol. The van der Waals surface area contributed by atoms with Gasteiger partial charge < -0.3 is 5.32 Å². The van der Waals surface area contributed by atoms with Crippen molar-refractivity contribution in [1.82, 2.24) is 15.3 Å². The number of carbonyl (C=O) groups is 1. The maximum absolute atomic E-state index is 11.5. The average molecular weight is 287 g/mol. The third-order valence-corrected chi connectivity index (χ3v) is 2.58. The Balaban J connectivity index is 2.48. The molecule has 0 saturated heterocycles. The third kappa shape index (κ3) is 4.14. The van der Waals surface area contributed by atoms with Crippen molar-refractivity contribution in [1.29, 1.82) is 0 Å². The normalized spacial score (nSPS) is 10.2. The lowest BCUT2D eigenvalue weighted by Gasteiger charge is -2.14. The van der Waals surface area contributed by atoms with Crippen molar-refractivity contribution >= 4 is 27.9 Å². The molecule has 2 N–H and O–H groups in total. The fraction of sp³-hybridized carbons (Fsp3) is 0.500. The van der Waals surface area contributed by atoms with E-state index in [0.717, 1.165) is 17.3 Å². The highest BCUT2D eigenvalue weighted by atomic mass is 79.9. The second kappa shape index (κ2) is 6.42. The van der Waals surface area contributed by atoms with Crippen LogP contribution in [0.15, 0.2) is 16.9 Å². The topological polar surface area (TPSA) is 66.9 Å². The monoisotopic (exact) mass is 286 g/mol. The molecule has 1 aromatic heterocycles. The van der Waals surface area contributed by atoms with Gasteiger partial charge in [0, 0.05) is 18.4 Å². The molecular weight excluding hydrogens is 272 g/mol. The van der Waals surface area contributed by atoms with Crippen LogP contribution in [0.5, 0.6) is 0 Å². The van der Waals surface area contributed by atoms with Crippen LogP contribution in [-0.2, 0) is 0 Å². The molecule has 2 amide bonds. The first-order valence-electron chi connectivity index (χ1n) is 5.20. The standard InChI is InChI=1S/C10H15BrN4O/c1-3-8(4-2)14-10(16)15-9-12-5-7(11)6-13-9/h5-6,8H,3-4H2,1-2H3,(H2,12,13,14,15,16). The number of anilines is 1. The van der Waals surface area contributed by atoms with Crippen LogP contribution < -0.4 is 10.6 Å². The number of nitrogens with one attached hydrogen (secondary N) is 2. The maximum atomic E-state index is 11.5. The zero-order valence-electron chi connectivity index (χ0n) is 9.33. The van der Waals surface area contributed by atoms with Gasteiger partial charge in [-0.3, -0.25) is 5.32 Å². The first kappa shape index (κ1) is 12.9. The first-order valence-corrected chi connectivity index (χ1v) is 6.00. The van der Waals surface area contributed by atoms with E-state index < -0.39 is 0 Å². The van der Waals surface area contributed by atoms with Crippen molar-refractivity contribution in [2.75, 3.05) is 5.32 Å². The Morgan fingerprint density at radius 3 is 2.44 bits per heavy atom. The second-order valence-electron chi connectivity index (χ2n) is 3.34. The maximum Gasteiger partial charge on any atom is 0.321 e. The Bertz CT molecular complexity index is 337. The number of hydrogen-bond donors (Lipinski definition) is 2. The molecule has 1 aromatic rings. The average Bonchev–Trinajstić information content (AvgIpc) is 2.29. The highest BCUT2D eigenvalue weighted by Gasteiger charge is 2.08. The fourth-order valence-electron chi connectivity index (χ4n) is 1.19. The Morgan fingerprint density at radius 1 is 1.38 bits per heavy atom. The van der Waals surface area contributed by atoms with E-state index in [9.17, 15) is 4.79 Å². The van der Waals surface area contributed by atoms with Crippen LogP contribution in [0.25, 0.3) is 0 Å². The van der Waals surface area contributed by atoms with Crippen LogP contribution in [0.1, 0.15) is 26.7 Å². The molecule has 0 spiro atoms. The zero-order chi connectivity index (χ0) is 12.0. The molecule has 6 heteroatoms. The quantitative estimate of drug-likeness (QED) is 0.894. The summed E-state index contributed by atoms with van der Waals surface area (Å²) in [6, 6.07) is -0.0773. The summed E-state index contributed by atoms with van der Waals surface area (Å²) in [5.41, 5.74) is 0. The van der Waals surface area contributed by atoms with Gasteiger partial charge in [-0.2, -0.15) is 0 Å². The number of aromatic nitrogens is 2. The molecule has 0 unspecified atom stereocenters. The molecule has 0 atom stereocenters. The molecule has 1 rings (SSSR count). The van der Waals surface area contributed by atoms with Gasteiger partial charge >= 0.3 is 6.03 Å². The van der Waals surface area contributed by atoms with Gasteiger partial charge in [0.15, 0.2) is 0 Å². The van der Waals surface area contributed by atoms with Crippen LogP contribution in [0.4, 0.5) is 10.7 Å². The van der Waals surface area contributed by atoms with Crippen molar-refractivity contribution in [3.63, 3.8) is 0 Å². The molecule has 0 aliphatic carbocycles. The lowest BCUT2D eigenvalue weighted by atomic mass is 10.2. The summed E-state index contributed by atoms with van der Waals surface area (Å²) >= 11 is 3.22. The van der Waals surface area contributed by atoms with Crippen molar-refractivity contribution in [2.24, 2.45) is 0 Å². The zero-order valence-corrected chi connectivity index (χ0v) is 10.9. The molecular formula is C10H15BrN4O. The minimum atomic E-state index is -0.268. The first-order chi connectivity index (χ1) is 7.65. The van der Waals surface area contributed by atoms with Crippen molar-refractivity contribution in [3.8, 4) is 0 Å². The lowest BCUT2D eigenvalue weighted by Crippen LogP contribution is -2.37. The Labute approximate surface area is 103 Å². The van der Waals surface area contributed by atoms with E-state index >= 15 is 0 Å². The van der Waals surface area contributed by atoms with E-state index in [1.165, 1.54) is 0 Å². The highest BCUT2D eigenvalue weighted by molar-refractivity contribution is 9.10. The number of carbonyl (C=O) groups excluding carboxylic acids is 1. The van der Waals surface area contributed by atoms with Gasteiger partial charge in [-0.1, -0.05) is 13.8 Å². The minimum absolute atomic E-state index is 0.190. The van der Waals surface area contributed by atoms with Crippen LogP contribution in [-0.4, -0.2) is 22.0 Å². The Morgan fingerprint density at radius 2 is 1.94 bits per heavy atom. The summed E-state index contributed by atoms with van der Waals surface area (Å²) in [5, 5.41) is 5.41. The van der Waals surface area contributed by atoms with Crippen LogP contribution in [0, 0.1) is 0 Å². The molecule has 0 aromatic carbocycles. The molecule has 5 nitrogen and oxygen atoms in total. The number of urea groups is 1. The molecule has 0 aliphatic rings. The van der Waals surface area contributed by atoms with Gasteiger partial charge in [-0.05, 0) is 28.8 Å². The summed E-state index contributed by atoms with van der Waals surface area (Å²) in [7, 11) is 0. The van der Waals surface area contributed by atoms with E-state index in [0.29, 0.717) is 5.95 Å². The number of hydrogen-bond acceptors (Lipinski definition) is 3. The smallest absolute Gasteiger partial charge is 0.321 e. The molecule has 0 bridgehead atoms. The van der Waals surface area contributed by atoms with Crippen LogP contribution >= 0.6 is 15.9 Å². The van der Waals surface area contributed by atoms with E-state index in [-0.39, 0.29) is 12.1 Å². The van der Waals surface area contributed by atoms with E-state index in [1.54, 1.807) is 12.4 Å².